The van der Waals surface area contributed by atoms with Gasteiger partial charge in [-0.05, 0) is 45.0 Å². The van der Waals surface area contributed by atoms with Gasteiger partial charge in [0.1, 0.15) is 0 Å². The fourth-order valence-corrected chi connectivity index (χ4v) is 3.81. The quantitative estimate of drug-likeness (QED) is 0.785. The van der Waals surface area contributed by atoms with Gasteiger partial charge in [0.05, 0.1) is 18.5 Å². The van der Waals surface area contributed by atoms with Crippen LogP contribution in [0.25, 0.3) is 0 Å². The summed E-state index contributed by atoms with van der Waals surface area (Å²) in [7, 11) is 0. The van der Waals surface area contributed by atoms with Crippen LogP contribution >= 0.6 is 11.8 Å². The first-order chi connectivity index (χ1) is 12.5. The average molecular weight is 375 g/mol. The van der Waals surface area contributed by atoms with Gasteiger partial charge in [0.15, 0.2) is 5.16 Å². The number of aromatic nitrogens is 2. The molecular formula is C19H26N4O2S. The number of nitrogens with zero attached hydrogens (tertiary/aromatic N) is 3. The van der Waals surface area contributed by atoms with Crippen LogP contribution in [0, 0.1) is 0 Å². The molecule has 26 heavy (non-hydrogen) atoms. The number of nitrogens with one attached hydrogen (secondary N) is 1. The van der Waals surface area contributed by atoms with Crippen molar-refractivity contribution in [3.05, 3.63) is 36.7 Å². The zero-order valence-electron chi connectivity index (χ0n) is 15.5. The molecule has 0 spiro atoms. The maximum atomic E-state index is 12.5. The Morgan fingerprint density at radius 1 is 1.19 bits per heavy atom. The fraction of sp³-hybridized carbons (Fsp3) is 0.474. The Morgan fingerprint density at radius 3 is 2.54 bits per heavy atom. The lowest BCUT2D eigenvalue weighted by molar-refractivity contribution is -0.115. The van der Waals surface area contributed by atoms with Crippen LogP contribution in [0.2, 0.25) is 0 Å². The number of hydrogen-bond donors (Lipinski definition) is 1. The highest BCUT2D eigenvalue weighted by atomic mass is 32.2. The molecule has 1 aromatic heterocycles. The van der Waals surface area contributed by atoms with Crippen molar-refractivity contribution < 1.29 is 9.53 Å². The van der Waals surface area contributed by atoms with E-state index in [4.69, 9.17) is 4.74 Å². The van der Waals surface area contributed by atoms with Gasteiger partial charge in [0, 0.05) is 42.9 Å². The molecule has 0 bridgehead atoms. The van der Waals surface area contributed by atoms with Gasteiger partial charge in [-0.2, -0.15) is 0 Å². The van der Waals surface area contributed by atoms with Crippen molar-refractivity contribution in [1.82, 2.24) is 9.55 Å². The second kappa shape index (κ2) is 8.60. The Morgan fingerprint density at radius 2 is 1.88 bits per heavy atom. The minimum absolute atomic E-state index is 0.0209. The van der Waals surface area contributed by atoms with Gasteiger partial charge >= 0.3 is 0 Å². The Labute approximate surface area is 158 Å². The zero-order valence-corrected chi connectivity index (χ0v) is 16.3. The van der Waals surface area contributed by atoms with E-state index >= 15 is 0 Å². The van der Waals surface area contributed by atoms with Crippen molar-refractivity contribution in [3.63, 3.8) is 0 Å². The molecule has 1 N–H and O–H groups in total. The summed E-state index contributed by atoms with van der Waals surface area (Å²) in [5.74, 6) is -0.0209. The average Bonchev–Trinajstić information content (AvgIpc) is 3.11. The number of amides is 1. The molecular weight excluding hydrogens is 348 g/mol. The highest BCUT2D eigenvalue weighted by Gasteiger charge is 2.18. The summed E-state index contributed by atoms with van der Waals surface area (Å²) in [5.41, 5.74) is 1.97. The highest BCUT2D eigenvalue weighted by Crippen LogP contribution is 2.25. The van der Waals surface area contributed by atoms with E-state index in [2.05, 4.69) is 33.6 Å². The number of imidazole rings is 1. The third-order valence-corrected chi connectivity index (χ3v) is 5.45. The monoisotopic (exact) mass is 374 g/mol. The number of morpholine rings is 1. The smallest absolute Gasteiger partial charge is 0.237 e. The lowest BCUT2D eigenvalue weighted by atomic mass is 10.2. The molecule has 1 aromatic carbocycles. The Kier molecular flexibility index (Phi) is 6.21. The summed E-state index contributed by atoms with van der Waals surface area (Å²) in [5, 5.41) is 3.63. The van der Waals surface area contributed by atoms with Gasteiger partial charge in [-0.25, -0.2) is 4.98 Å². The third-order valence-electron chi connectivity index (χ3n) is 4.35. The maximum absolute atomic E-state index is 12.5. The standard InChI is InChI=1S/C19H26N4O2S/c1-14(2)23-9-8-20-19(23)26-15(3)18(24)21-16-4-6-17(7-5-16)22-10-12-25-13-11-22/h4-9,14-15H,10-13H2,1-3H3,(H,21,24). The van der Waals surface area contributed by atoms with Gasteiger partial charge in [-0.15, -0.1) is 0 Å². The molecule has 2 heterocycles. The van der Waals surface area contributed by atoms with E-state index in [1.165, 1.54) is 11.8 Å². The molecule has 2 aromatic rings. The predicted octanol–water partition coefficient (Wildman–Crippen LogP) is 3.42. The largest absolute Gasteiger partial charge is 0.378 e. The number of anilines is 2. The van der Waals surface area contributed by atoms with E-state index in [1.807, 2.05) is 37.4 Å². The van der Waals surface area contributed by atoms with Crippen molar-refractivity contribution in [2.24, 2.45) is 0 Å². The fourth-order valence-electron chi connectivity index (χ4n) is 2.82. The van der Waals surface area contributed by atoms with E-state index in [-0.39, 0.29) is 11.2 Å². The van der Waals surface area contributed by atoms with E-state index in [0.717, 1.165) is 42.8 Å². The van der Waals surface area contributed by atoms with E-state index in [9.17, 15) is 4.79 Å². The Balaban J connectivity index is 1.57. The molecule has 1 fully saturated rings. The van der Waals surface area contributed by atoms with Crippen molar-refractivity contribution in [2.45, 2.75) is 37.2 Å². The zero-order chi connectivity index (χ0) is 18.5. The minimum Gasteiger partial charge on any atom is -0.378 e. The molecule has 1 unspecified atom stereocenters. The van der Waals surface area contributed by atoms with Gasteiger partial charge in [0.2, 0.25) is 5.91 Å². The number of carbonyl (C=O) groups excluding carboxylic acids is 1. The predicted molar refractivity (Wildman–Crippen MR) is 106 cm³/mol. The molecule has 0 aliphatic carbocycles. The van der Waals surface area contributed by atoms with Crippen LogP contribution in [0.15, 0.2) is 41.8 Å². The first-order valence-electron chi connectivity index (χ1n) is 8.97. The van der Waals surface area contributed by atoms with E-state index in [1.54, 1.807) is 6.20 Å². The molecule has 1 aliphatic rings. The van der Waals surface area contributed by atoms with E-state index in [0.29, 0.717) is 6.04 Å². The van der Waals surface area contributed by atoms with Crippen LogP contribution in [-0.2, 0) is 9.53 Å². The number of rotatable bonds is 6. The molecule has 1 aliphatic heterocycles. The van der Waals surface area contributed by atoms with Gasteiger partial charge in [0.25, 0.3) is 0 Å². The van der Waals surface area contributed by atoms with Crippen LogP contribution in [0.5, 0.6) is 0 Å². The summed E-state index contributed by atoms with van der Waals surface area (Å²) >= 11 is 1.48. The first kappa shape index (κ1) is 18.8. The summed E-state index contributed by atoms with van der Waals surface area (Å²) in [6.45, 7) is 9.45. The van der Waals surface area contributed by atoms with Crippen molar-refractivity contribution in [1.29, 1.82) is 0 Å². The Hall–Kier alpha value is -1.99. The van der Waals surface area contributed by atoms with Crippen LogP contribution in [0.4, 0.5) is 11.4 Å². The topological polar surface area (TPSA) is 59.4 Å². The second-order valence-electron chi connectivity index (χ2n) is 6.61. The first-order valence-corrected chi connectivity index (χ1v) is 9.85. The van der Waals surface area contributed by atoms with Gasteiger partial charge in [-0.3, -0.25) is 4.79 Å². The molecule has 3 rings (SSSR count). The minimum atomic E-state index is -0.228. The molecule has 1 saturated heterocycles. The molecule has 0 radical (unpaired) electrons. The van der Waals surface area contributed by atoms with Crippen molar-refractivity contribution in [2.75, 3.05) is 36.5 Å². The van der Waals surface area contributed by atoms with Crippen LogP contribution in [0.3, 0.4) is 0 Å². The number of hydrogen-bond acceptors (Lipinski definition) is 5. The molecule has 1 atom stereocenters. The summed E-state index contributed by atoms with van der Waals surface area (Å²) < 4.78 is 7.46. The number of carbonyl (C=O) groups is 1. The lowest BCUT2D eigenvalue weighted by Gasteiger charge is -2.28. The molecule has 6 nitrogen and oxygen atoms in total. The van der Waals surface area contributed by atoms with Gasteiger partial charge in [-0.1, -0.05) is 11.8 Å². The molecule has 7 heteroatoms. The van der Waals surface area contributed by atoms with Crippen molar-refractivity contribution >= 4 is 29.0 Å². The number of benzene rings is 1. The van der Waals surface area contributed by atoms with Crippen molar-refractivity contribution in [3.8, 4) is 0 Å². The highest BCUT2D eigenvalue weighted by molar-refractivity contribution is 8.00. The van der Waals surface area contributed by atoms with Gasteiger partial charge < -0.3 is 19.5 Å². The summed E-state index contributed by atoms with van der Waals surface area (Å²) in [6.07, 6.45) is 3.72. The molecule has 140 valence electrons. The molecule has 1 amide bonds. The van der Waals surface area contributed by atoms with E-state index < -0.39 is 0 Å². The SMILES string of the molecule is CC(Sc1nccn1C(C)C)C(=O)Nc1ccc(N2CCOCC2)cc1. The third kappa shape index (κ3) is 4.59. The second-order valence-corrected chi connectivity index (χ2v) is 7.91. The summed E-state index contributed by atoms with van der Waals surface area (Å²) in [6, 6.07) is 8.32. The maximum Gasteiger partial charge on any atom is 0.237 e. The molecule has 0 saturated carbocycles. The number of thioether (sulfide) groups is 1. The normalized spacial score (nSPS) is 15.9. The van der Waals surface area contributed by atoms with Crippen LogP contribution in [-0.4, -0.2) is 47.0 Å². The van der Waals surface area contributed by atoms with Crippen LogP contribution < -0.4 is 10.2 Å². The summed E-state index contributed by atoms with van der Waals surface area (Å²) in [4.78, 5) is 19.2. The Bertz CT molecular complexity index is 723. The number of ether oxygens (including phenoxy) is 1. The van der Waals surface area contributed by atoms with Crippen LogP contribution in [0.1, 0.15) is 26.8 Å². The lowest BCUT2D eigenvalue weighted by Crippen LogP contribution is -2.36.